The number of amides is 2. The molecule has 1 aromatic heterocycles. The minimum absolute atomic E-state index is 0.000885. The zero-order chi connectivity index (χ0) is 28.9. The quantitative estimate of drug-likeness (QED) is 0.306. The number of nitrogens with one attached hydrogen (secondary N) is 2. The van der Waals surface area contributed by atoms with Gasteiger partial charge in [-0.05, 0) is 83.1 Å². The molecular weight excluding hydrogens is 546 g/mol. The fraction of sp³-hybridized carbons (Fsp3) is 0.333. The molecule has 0 aliphatic carbocycles. The van der Waals surface area contributed by atoms with Gasteiger partial charge >= 0.3 is 6.09 Å². The first-order valence-corrected chi connectivity index (χ1v) is 14.1. The molecule has 0 spiro atoms. The van der Waals surface area contributed by atoms with Crippen molar-refractivity contribution in [3.05, 3.63) is 59.3 Å². The van der Waals surface area contributed by atoms with Gasteiger partial charge < -0.3 is 19.2 Å². The number of hydrogen-bond acceptors (Lipinski definition) is 7. The number of nitrogens with zero attached hydrogens (tertiary/aromatic N) is 1. The second-order valence-electron chi connectivity index (χ2n) is 8.94. The minimum Gasteiger partial charge on any atom is -0.495 e. The number of methoxy groups -OCH3 is 1. The normalized spacial score (nSPS) is 12.1. The Labute approximate surface area is 233 Å². The summed E-state index contributed by atoms with van der Waals surface area (Å²) in [6, 6.07) is 11.4. The average molecular weight is 578 g/mol. The molecule has 2 amide bonds. The van der Waals surface area contributed by atoms with Crippen molar-refractivity contribution in [2.24, 2.45) is 0 Å². The van der Waals surface area contributed by atoms with Crippen molar-refractivity contribution in [2.75, 3.05) is 23.8 Å². The van der Waals surface area contributed by atoms with E-state index in [0.717, 1.165) is 0 Å². The van der Waals surface area contributed by atoms with Crippen LogP contribution in [0.15, 0.2) is 57.8 Å². The van der Waals surface area contributed by atoms with E-state index < -0.39 is 28.1 Å². The molecule has 3 rings (SSSR count). The monoisotopic (exact) mass is 577 g/mol. The topological polar surface area (TPSA) is 127 Å². The van der Waals surface area contributed by atoms with Crippen LogP contribution < -0.4 is 14.8 Å². The number of benzene rings is 2. The Morgan fingerprint density at radius 1 is 1.08 bits per heavy atom. The van der Waals surface area contributed by atoms with Crippen LogP contribution in [0.25, 0.3) is 11.3 Å². The van der Waals surface area contributed by atoms with Crippen LogP contribution in [0.1, 0.15) is 33.5 Å². The minimum atomic E-state index is -4.15. The highest BCUT2D eigenvalue weighted by atomic mass is 35.5. The molecule has 0 saturated carbocycles. The number of carbonyl (C=O) groups excluding carboxylic acids is 2. The van der Waals surface area contributed by atoms with Crippen LogP contribution in [0.5, 0.6) is 5.75 Å². The molecule has 0 radical (unpaired) electrons. The molecule has 2 N–H and O–H groups in total. The summed E-state index contributed by atoms with van der Waals surface area (Å²) in [6.07, 6.45) is -0.608. The maximum atomic E-state index is 13.3. The first-order chi connectivity index (χ1) is 18.4. The van der Waals surface area contributed by atoms with Gasteiger partial charge in [0.15, 0.2) is 0 Å². The molecular formula is C27H32ClN3O7S. The summed E-state index contributed by atoms with van der Waals surface area (Å²) in [7, 11) is -2.76. The molecule has 0 bridgehead atoms. The lowest BCUT2D eigenvalue weighted by Gasteiger charge is -2.31. The lowest BCUT2D eigenvalue weighted by Crippen LogP contribution is -2.49. The van der Waals surface area contributed by atoms with E-state index in [-0.39, 0.29) is 39.7 Å². The molecule has 0 aliphatic heterocycles. The third-order valence-corrected chi connectivity index (χ3v) is 7.64. The van der Waals surface area contributed by atoms with Gasteiger partial charge in [-0.15, -0.1) is 0 Å². The summed E-state index contributed by atoms with van der Waals surface area (Å²) in [5.74, 6) is 1.01. The molecule has 1 heterocycles. The average Bonchev–Trinajstić information content (AvgIpc) is 3.30. The van der Waals surface area contributed by atoms with Gasteiger partial charge in [0, 0.05) is 17.3 Å². The van der Waals surface area contributed by atoms with Gasteiger partial charge in [-0.1, -0.05) is 11.6 Å². The number of ether oxygens (including phenoxy) is 2. The van der Waals surface area contributed by atoms with Crippen molar-refractivity contribution in [1.82, 2.24) is 4.90 Å². The SMILES string of the molecule is CCOC(=O)N(C(C)C)[C@@H](C)C(=O)Nc1ccc(OC)c(NS(=O)(=O)c2ccc(-c3ccc(C)o3)cc2Cl)c1. The first kappa shape index (κ1) is 29.9. The van der Waals surface area contributed by atoms with Crippen LogP contribution in [0.4, 0.5) is 16.2 Å². The summed E-state index contributed by atoms with van der Waals surface area (Å²) < 4.78 is 45.0. The van der Waals surface area contributed by atoms with Crippen molar-refractivity contribution < 1.29 is 31.9 Å². The lowest BCUT2D eigenvalue weighted by atomic mass is 10.2. The van der Waals surface area contributed by atoms with E-state index in [0.29, 0.717) is 17.1 Å². The lowest BCUT2D eigenvalue weighted by molar-refractivity contribution is -0.120. The molecule has 0 saturated heterocycles. The summed E-state index contributed by atoms with van der Waals surface area (Å²) in [6.45, 7) is 8.78. The van der Waals surface area contributed by atoms with Crippen LogP contribution in [-0.4, -0.2) is 51.1 Å². The van der Waals surface area contributed by atoms with E-state index in [1.807, 2.05) is 0 Å². The number of aryl methyl sites for hydroxylation is 1. The fourth-order valence-electron chi connectivity index (χ4n) is 3.91. The molecule has 0 fully saturated rings. The van der Waals surface area contributed by atoms with Crippen LogP contribution >= 0.6 is 11.6 Å². The molecule has 39 heavy (non-hydrogen) atoms. The summed E-state index contributed by atoms with van der Waals surface area (Å²) >= 11 is 6.36. The number of rotatable bonds is 10. The Hall–Kier alpha value is -3.70. The number of hydrogen-bond donors (Lipinski definition) is 2. The third kappa shape index (κ3) is 7.04. The molecule has 2 aromatic carbocycles. The zero-order valence-electron chi connectivity index (χ0n) is 22.6. The standard InChI is InChI=1S/C27H32ClN3O7S/c1-7-37-27(33)31(16(2)3)18(5)26(32)29-20-10-12-24(36-6)22(15-20)30-39(34,35)25-13-9-19(14-21(25)28)23-11-8-17(4)38-23/h8-16,18,30H,7H2,1-6H3,(H,29,32)/t18-/m0/s1. The molecule has 12 heteroatoms. The van der Waals surface area contributed by atoms with E-state index in [1.165, 1.54) is 36.3 Å². The maximum absolute atomic E-state index is 13.3. The molecule has 1 atom stereocenters. The number of carbonyl (C=O) groups is 2. The van der Waals surface area contributed by atoms with E-state index in [2.05, 4.69) is 10.0 Å². The smallest absolute Gasteiger partial charge is 0.410 e. The summed E-state index contributed by atoms with van der Waals surface area (Å²) in [5.41, 5.74) is 0.991. The van der Waals surface area contributed by atoms with Crippen LogP contribution in [0.2, 0.25) is 5.02 Å². The number of anilines is 2. The van der Waals surface area contributed by atoms with Gasteiger partial charge in [0.25, 0.3) is 10.0 Å². The van der Waals surface area contributed by atoms with Crippen molar-refractivity contribution in [2.45, 2.75) is 51.6 Å². The zero-order valence-corrected chi connectivity index (χ0v) is 24.1. The van der Waals surface area contributed by atoms with Crippen molar-refractivity contribution in [3.63, 3.8) is 0 Å². The Kier molecular flexibility index (Phi) is 9.52. The summed E-state index contributed by atoms with van der Waals surface area (Å²) in [5, 5.41) is 2.71. The molecule has 10 nitrogen and oxygen atoms in total. The molecule has 3 aromatic rings. The molecule has 0 unspecified atom stereocenters. The van der Waals surface area contributed by atoms with Crippen molar-refractivity contribution in [3.8, 4) is 17.1 Å². The predicted molar refractivity (Wildman–Crippen MR) is 150 cm³/mol. The van der Waals surface area contributed by atoms with Crippen LogP contribution in [0.3, 0.4) is 0 Å². The van der Waals surface area contributed by atoms with Crippen molar-refractivity contribution in [1.29, 1.82) is 0 Å². The Morgan fingerprint density at radius 2 is 1.79 bits per heavy atom. The van der Waals surface area contributed by atoms with Gasteiger partial charge in [-0.25, -0.2) is 13.2 Å². The van der Waals surface area contributed by atoms with E-state index in [9.17, 15) is 18.0 Å². The van der Waals surface area contributed by atoms with Gasteiger partial charge in [-0.3, -0.25) is 14.4 Å². The van der Waals surface area contributed by atoms with Gasteiger partial charge in [0.2, 0.25) is 5.91 Å². The maximum Gasteiger partial charge on any atom is 0.410 e. The summed E-state index contributed by atoms with van der Waals surface area (Å²) in [4.78, 5) is 26.5. The Balaban J connectivity index is 1.85. The predicted octanol–water partition coefficient (Wildman–Crippen LogP) is 5.91. The second-order valence-corrected chi connectivity index (χ2v) is 11.0. The largest absolute Gasteiger partial charge is 0.495 e. The Morgan fingerprint density at radius 3 is 2.36 bits per heavy atom. The molecule has 210 valence electrons. The van der Waals surface area contributed by atoms with Crippen LogP contribution in [-0.2, 0) is 19.6 Å². The number of sulfonamides is 1. The first-order valence-electron chi connectivity index (χ1n) is 12.2. The van der Waals surface area contributed by atoms with Crippen molar-refractivity contribution >= 4 is 45.0 Å². The Bertz CT molecular complexity index is 1450. The third-order valence-electron chi connectivity index (χ3n) is 5.79. The second kappa shape index (κ2) is 12.4. The highest BCUT2D eigenvalue weighted by Gasteiger charge is 2.29. The number of halogens is 1. The highest BCUT2D eigenvalue weighted by molar-refractivity contribution is 7.92. The van der Waals surface area contributed by atoms with Gasteiger partial charge in [-0.2, -0.15) is 0 Å². The fourth-order valence-corrected chi connectivity index (χ4v) is 5.52. The van der Waals surface area contributed by atoms with E-state index in [4.69, 9.17) is 25.5 Å². The van der Waals surface area contributed by atoms with E-state index >= 15 is 0 Å². The highest BCUT2D eigenvalue weighted by Crippen LogP contribution is 2.34. The van der Waals surface area contributed by atoms with Crippen LogP contribution in [0, 0.1) is 6.92 Å². The van der Waals surface area contributed by atoms with E-state index in [1.54, 1.807) is 58.9 Å². The van der Waals surface area contributed by atoms with Gasteiger partial charge in [0.1, 0.15) is 28.2 Å². The number of furan rings is 1. The van der Waals surface area contributed by atoms with Gasteiger partial charge in [0.05, 0.1) is 24.4 Å². The molecule has 0 aliphatic rings.